The van der Waals surface area contributed by atoms with E-state index in [1.165, 1.54) is 36.1 Å². The highest BCUT2D eigenvalue weighted by atomic mass is 35.5. The molecule has 2 aromatic carbocycles. The number of nitrogens with zero attached hydrogens (tertiary/aromatic N) is 1. The molecule has 2 aliphatic rings. The zero-order chi connectivity index (χ0) is 14.4. The lowest BCUT2D eigenvalue weighted by molar-refractivity contribution is 0.127. The van der Waals surface area contributed by atoms with Gasteiger partial charge in [-0.2, -0.15) is 0 Å². The summed E-state index contributed by atoms with van der Waals surface area (Å²) in [7, 11) is 2.26. The zero-order valence-electron chi connectivity index (χ0n) is 12.3. The van der Waals surface area contributed by atoms with E-state index < -0.39 is 0 Å². The van der Waals surface area contributed by atoms with Crippen molar-refractivity contribution in [2.24, 2.45) is 5.92 Å². The maximum Gasteiger partial charge on any atom is 0.0409 e. The second kappa shape index (κ2) is 5.15. The number of halogens is 1. The van der Waals surface area contributed by atoms with Gasteiger partial charge in [0, 0.05) is 17.0 Å². The average molecular weight is 298 g/mol. The number of fused-ring (bicyclic) bond motifs is 3. The van der Waals surface area contributed by atoms with Crippen LogP contribution in [0.25, 0.3) is 0 Å². The second-order valence-corrected chi connectivity index (χ2v) is 6.83. The molecule has 2 heteroatoms. The van der Waals surface area contributed by atoms with Gasteiger partial charge in [0.05, 0.1) is 0 Å². The lowest BCUT2D eigenvalue weighted by Gasteiger charge is -2.37. The molecule has 3 unspecified atom stereocenters. The van der Waals surface area contributed by atoms with Gasteiger partial charge >= 0.3 is 0 Å². The molecule has 1 nitrogen and oxygen atoms in total. The molecule has 108 valence electrons. The second-order valence-electron chi connectivity index (χ2n) is 6.39. The molecule has 0 radical (unpaired) electrons. The van der Waals surface area contributed by atoms with E-state index in [0.29, 0.717) is 17.9 Å². The summed E-state index contributed by atoms with van der Waals surface area (Å²) in [5.74, 6) is 1.20. The van der Waals surface area contributed by atoms with Crippen molar-refractivity contribution in [3.05, 3.63) is 70.2 Å². The van der Waals surface area contributed by atoms with Crippen molar-refractivity contribution in [3.63, 3.8) is 0 Å². The Kier molecular flexibility index (Phi) is 3.28. The first-order valence-corrected chi connectivity index (χ1v) is 8.18. The quantitative estimate of drug-likeness (QED) is 0.726. The van der Waals surface area contributed by atoms with Crippen LogP contribution in [-0.2, 0) is 0 Å². The molecule has 1 saturated heterocycles. The molecule has 0 spiro atoms. The Labute approximate surface area is 131 Å². The first-order chi connectivity index (χ1) is 10.3. The third kappa shape index (κ3) is 2.11. The van der Waals surface area contributed by atoms with E-state index >= 15 is 0 Å². The standard InChI is InChI=1S/C19H20ClN/c1-21-11-5-8-16-18(13-6-3-2-4-7-13)15-10-9-14(20)12-17(15)19(16)21/h2-4,6-7,9-10,12,16,18-19H,5,8,11H2,1H3. The van der Waals surface area contributed by atoms with Crippen LogP contribution in [0.1, 0.15) is 41.5 Å². The van der Waals surface area contributed by atoms with Crippen LogP contribution in [0.4, 0.5) is 0 Å². The van der Waals surface area contributed by atoms with Gasteiger partial charge in [-0.15, -0.1) is 0 Å². The zero-order valence-corrected chi connectivity index (χ0v) is 13.1. The minimum Gasteiger partial charge on any atom is -0.299 e. The molecule has 0 amide bonds. The van der Waals surface area contributed by atoms with Crippen LogP contribution in [-0.4, -0.2) is 18.5 Å². The Morgan fingerprint density at radius 2 is 1.86 bits per heavy atom. The van der Waals surface area contributed by atoms with E-state index in [0.717, 1.165) is 5.02 Å². The molecule has 0 bridgehead atoms. The molecule has 0 N–H and O–H groups in total. The topological polar surface area (TPSA) is 3.24 Å². The normalized spacial score (nSPS) is 28.2. The summed E-state index contributed by atoms with van der Waals surface area (Å²) in [5.41, 5.74) is 4.38. The SMILES string of the molecule is CN1CCCC2C(c3ccccc3)c3ccc(Cl)cc3C21. The summed E-state index contributed by atoms with van der Waals surface area (Å²) in [6, 6.07) is 18.0. The highest BCUT2D eigenvalue weighted by Crippen LogP contribution is 2.54. The van der Waals surface area contributed by atoms with Crippen molar-refractivity contribution in [2.75, 3.05) is 13.6 Å². The molecule has 1 aliphatic carbocycles. The molecular weight excluding hydrogens is 278 g/mol. The Balaban J connectivity index is 1.88. The lowest BCUT2D eigenvalue weighted by Crippen LogP contribution is -2.34. The van der Waals surface area contributed by atoms with E-state index in [2.05, 4.69) is 54.4 Å². The first kappa shape index (κ1) is 13.4. The fraction of sp³-hybridized carbons (Fsp3) is 0.368. The minimum absolute atomic E-state index is 0.520. The predicted octanol–water partition coefficient (Wildman–Crippen LogP) is 4.87. The van der Waals surface area contributed by atoms with Crippen LogP contribution in [0.15, 0.2) is 48.5 Å². The van der Waals surface area contributed by atoms with Crippen LogP contribution in [0.2, 0.25) is 5.02 Å². The van der Waals surface area contributed by atoms with Crippen molar-refractivity contribution in [3.8, 4) is 0 Å². The van der Waals surface area contributed by atoms with Gasteiger partial charge in [0.2, 0.25) is 0 Å². The molecule has 4 rings (SSSR count). The molecule has 21 heavy (non-hydrogen) atoms. The van der Waals surface area contributed by atoms with E-state index in [1.807, 2.05) is 6.07 Å². The maximum absolute atomic E-state index is 6.28. The monoisotopic (exact) mass is 297 g/mol. The molecule has 3 atom stereocenters. The molecule has 0 aromatic heterocycles. The van der Waals surface area contributed by atoms with Gasteiger partial charge in [-0.05, 0) is 61.2 Å². The van der Waals surface area contributed by atoms with Gasteiger partial charge < -0.3 is 0 Å². The highest BCUT2D eigenvalue weighted by molar-refractivity contribution is 6.30. The third-order valence-corrected chi connectivity index (χ3v) is 5.45. The lowest BCUT2D eigenvalue weighted by atomic mass is 9.80. The van der Waals surface area contributed by atoms with Gasteiger partial charge in [0.25, 0.3) is 0 Å². The van der Waals surface area contributed by atoms with Crippen molar-refractivity contribution in [2.45, 2.75) is 24.8 Å². The summed E-state index contributed by atoms with van der Waals surface area (Å²) in [6.45, 7) is 1.19. The van der Waals surface area contributed by atoms with E-state index in [9.17, 15) is 0 Å². The van der Waals surface area contributed by atoms with Crippen LogP contribution >= 0.6 is 11.6 Å². The molecule has 1 heterocycles. The van der Waals surface area contributed by atoms with Gasteiger partial charge in [-0.1, -0.05) is 48.0 Å². The van der Waals surface area contributed by atoms with Crippen LogP contribution in [0.3, 0.4) is 0 Å². The summed E-state index contributed by atoms with van der Waals surface area (Å²) in [6.07, 6.45) is 2.60. The summed E-state index contributed by atoms with van der Waals surface area (Å²) >= 11 is 6.28. The Bertz CT molecular complexity index is 652. The first-order valence-electron chi connectivity index (χ1n) is 7.80. The van der Waals surface area contributed by atoms with Crippen molar-refractivity contribution in [1.82, 2.24) is 4.90 Å². The number of likely N-dealkylation sites (tertiary alicyclic amines) is 1. The highest BCUT2D eigenvalue weighted by Gasteiger charge is 2.44. The smallest absolute Gasteiger partial charge is 0.0409 e. The van der Waals surface area contributed by atoms with Gasteiger partial charge in [-0.25, -0.2) is 0 Å². The number of piperidine rings is 1. The largest absolute Gasteiger partial charge is 0.299 e. The van der Waals surface area contributed by atoms with Crippen molar-refractivity contribution < 1.29 is 0 Å². The van der Waals surface area contributed by atoms with Crippen LogP contribution in [0, 0.1) is 5.92 Å². The summed E-state index contributed by atoms with van der Waals surface area (Å²) < 4.78 is 0. The minimum atomic E-state index is 0.520. The van der Waals surface area contributed by atoms with Crippen molar-refractivity contribution >= 4 is 11.6 Å². The number of rotatable bonds is 1. The van der Waals surface area contributed by atoms with Crippen LogP contribution in [0.5, 0.6) is 0 Å². The Morgan fingerprint density at radius 3 is 2.67 bits per heavy atom. The summed E-state index contributed by atoms with van der Waals surface area (Å²) in [4.78, 5) is 2.52. The van der Waals surface area contributed by atoms with Gasteiger partial charge in [0.15, 0.2) is 0 Å². The third-order valence-electron chi connectivity index (χ3n) is 5.22. The molecular formula is C19H20ClN. The number of benzene rings is 2. The number of hydrogen-bond acceptors (Lipinski definition) is 1. The summed E-state index contributed by atoms with van der Waals surface area (Å²) in [5, 5.41) is 0.861. The van der Waals surface area contributed by atoms with E-state index in [1.54, 1.807) is 0 Å². The van der Waals surface area contributed by atoms with Crippen molar-refractivity contribution in [1.29, 1.82) is 0 Å². The van der Waals surface area contributed by atoms with Gasteiger partial charge in [-0.3, -0.25) is 4.90 Å². The van der Waals surface area contributed by atoms with E-state index in [4.69, 9.17) is 11.6 Å². The van der Waals surface area contributed by atoms with E-state index in [-0.39, 0.29) is 0 Å². The number of hydrogen-bond donors (Lipinski definition) is 0. The predicted molar refractivity (Wildman–Crippen MR) is 87.8 cm³/mol. The fourth-order valence-corrected chi connectivity index (χ4v) is 4.60. The average Bonchev–Trinajstić information content (AvgIpc) is 2.83. The van der Waals surface area contributed by atoms with Gasteiger partial charge in [0.1, 0.15) is 0 Å². The fourth-order valence-electron chi connectivity index (χ4n) is 4.42. The molecule has 1 aliphatic heterocycles. The molecule has 2 aromatic rings. The maximum atomic E-state index is 6.28. The molecule has 1 fully saturated rings. The van der Waals surface area contributed by atoms with Crippen LogP contribution < -0.4 is 0 Å². The Hall–Kier alpha value is -1.31. The molecule has 0 saturated carbocycles. The Morgan fingerprint density at radius 1 is 1.05 bits per heavy atom.